The number of benzene rings is 1. The van der Waals surface area contributed by atoms with Gasteiger partial charge in [0.1, 0.15) is 11.6 Å². The fourth-order valence-electron chi connectivity index (χ4n) is 4.81. The minimum atomic E-state index is -0.429. The molecule has 4 heterocycles. The first-order valence-corrected chi connectivity index (χ1v) is 12.0. The largest absolute Gasteiger partial charge is 0.354 e. The van der Waals surface area contributed by atoms with Gasteiger partial charge >= 0.3 is 0 Å². The normalized spacial score (nSPS) is 19.8. The monoisotopic (exact) mass is 495 g/mol. The number of likely N-dealkylation sites (tertiary alicyclic amines) is 2. The molecule has 35 heavy (non-hydrogen) atoms. The summed E-state index contributed by atoms with van der Waals surface area (Å²) in [7, 11) is 2.17. The number of aromatic nitrogens is 3. The Labute approximate surface area is 208 Å². The van der Waals surface area contributed by atoms with Gasteiger partial charge < -0.3 is 15.5 Å². The van der Waals surface area contributed by atoms with Gasteiger partial charge in [-0.1, -0.05) is 11.6 Å². The summed E-state index contributed by atoms with van der Waals surface area (Å²) >= 11 is 6.03. The molecular weight excluding hydrogens is 469 g/mol. The molecular formula is C25H27ClFN7O. The van der Waals surface area contributed by atoms with Gasteiger partial charge in [-0.25, -0.2) is 9.37 Å². The molecule has 3 aromatic rings. The van der Waals surface area contributed by atoms with Gasteiger partial charge in [0.15, 0.2) is 0 Å². The molecule has 2 saturated heterocycles. The topological polar surface area (TPSA) is 86.3 Å². The lowest BCUT2D eigenvalue weighted by Gasteiger charge is -2.31. The van der Waals surface area contributed by atoms with Gasteiger partial charge in [-0.05, 0) is 50.7 Å². The number of piperazine rings is 1. The first-order chi connectivity index (χ1) is 16.9. The maximum atomic E-state index is 14.3. The van der Waals surface area contributed by atoms with Crippen LogP contribution in [0, 0.1) is 12.7 Å². The summed E-state index contributed by atoms with van der Waals surface area (Å²) < 4.78 is 14.3. The number of halogens is 2. The lowest BCUT2D eigenvalue weighted by Crippen LogP contribution is -2.45. The summed E-state index contributed by atoms with van der Waals surface area (Å²) in [6, 6.07) is 10.7. The third-order valence-corrected chi connectivity index (χ3v) is 6.98. The number of likely N-dealkylation sites (N-methyl/N-ethyl adjacent to an activating group) is 1. The summed E-state index contributed by atoms with van der Waals surface area (Å²) in [5.41, 5.74) is 2.65. The van der Waals surface area contributed by atoms with Crippen LogP contribution >= 0.6 is 11.6 Å². The number of fused-ring (bicyclic) bond motifs is 2. The molecule has 8 nitrogen and oxygen atoms in total. The van der Waals surface area contributed by atoms with Crippen molar-refractivity contribution in [1.82, 2.24) is 25.0 Å². The number of nitrogens with one attached hydrogen (secondary N) is 2. The molecule has 2 aliphatic rings. The zero-order chi connectivity index (χ0) is 24.5. The standard InChI is InChI=1S/C25H27ClFN7O/c1-15-22(12-23(32-31-15)20-9-16(26)3-4-21(20)27)29-17-5-7-28-24(10-17)30-25(35)6-8-34-14-18-11-19(34)13-33(18)2/h3-5,7,9-10,12,18-19H,6,8,11,13-14H2,1-2H3,(H2,28,29,30,32,35)/t18-,19-/m0/s1. The summed E-state index contributed by atoms with van der Waals surface area (Å²) in [4.78, 5) is 21.6. The number of carbonyl (C=O) groups excluding carboxylic acids is 1. The van der Waals surface area contributed by atoms with E-state index in [0.717, 1.165) is 19.6 Å². The molecule has 0 saturated carbocycles. The minimum absolute atomic E-state index is 0.0637. The van der Waals surface area contributed by atoms with Crippen LogP contribution < -0.4 is 10.6 Å². The van der Waals surface area contributed by atoms with Gasteiger partial charge in [0.2, 0.25) is 5.91 Å². The number of hydrogen-bond acceptors (Lipinski definition) is 7. The number of pyridine rings is 1. The predicted octanol–water partition coefficient (Wildman–Crippen LogP) is 4.10. The fourth-order valence-corrected chi connectivity index (χ4v) is 4.98. The van der Waals surface area contributed by atoms with Crippen molar-refractivity contribution >= 4 is 34.7 Å². The van der Waals surface area contributed by atoms with E-state index >= 15 is 0 Å². The average molecular weight is 496 g/mol. The highest BCUT2D eigenvalue weighted by Crippen LogP contribution is 2.30. The van der Waals surface area contributed by atoms with Crippen molar-refractivity contribution in [2.75, 3.05) is 37.3 Å². The first kappa shape index (κ1) is 23.6. The summed E-state index contributed by atoms with van der Waals surface area (Å²) in [6.45, 7) is 4.67. The number of anilines is 3. The summed E-state index contributed by atoms with van der Waals surface area (Å²) in [5, 5.41) is 14.8. The molecule has 0 unspecified atom stereocenters. The number of amides is 1. The Kier molecular flexibility index (Phi) is 6.64. The number of nitrogens with zero attached hydrogens (tertiary/aromatic N) is 5. The molecule has 5 rings (SSSR count). The van der Waals surface area contributed by atoms with Gasteiger partial charge in [-0.3, -0.25) is 9.69 Å². The van der Waals surface area contributed by atoms with Crippen LogP contribution in [-0.4, -0.2) is 69.7 Å². The van der Waals surface area contributed by atoms with Crippen LogP contribution in [0.1, 0.15) is 18.5 Å². The van der Waals surface area contributed by atoms with Gasteiger partial charge in [0.05, 0.1) is 17.1 Å². The lowest BCUT2D eigenvalue weighted by molar-refractivity contribution is -0.116. The van der Waals surface area contributed by atoms with Crippen molar-refractivity contribution in [3.05, 3.63) is 59.1 Å². The van der Waals surface area contributed by atoms with Crippen LogP contribution in [0.4, 0.5) is 21.6 Å². The molecule has 2 fully saturated rings. The summed E-state index contributed by atoms with van der Waals surface area (Å²) in [5.74, 6) is -0.0316. The molecule has 2 bridgehead atoms. The maximum absolute atomic E-state index is 14.3. The quantitative estimate of drug-likeness (QED) is 0.510. The minimum Gasteiger partial charge on any atom is -0.354 e. The first-order valence-electron chi connectivity index (χ1n) is 11.6. The molecule has 2 atom stereocenters. The average Bonchev–Trinajstić information content (AvgIpc) is 3.40. The molecule has 1 amide bonds. The molecule has 0 aliphatic carbocycles. The Morgan fingerprint density at radius 2 is 2.03 bits per heavy atom. The molecule has 0 radical (unpaired) electrons. The Balaban J connectivity index is 1.23. The van der Waals surface area contributed by atoms with Crippen LogP contribution in [-0.2, 0) is 4.79 Å². The van der Waals surface area contributed by atoms with Crippen molar-refractivity contribution < 1.29 is 9.18 Å². The van der Waals surface area contributed by atoms with E-state index in [0.29, 0.717) is 52.1 Å². The third-order valence-electron chi connectivity index (χ3n) is 6.74. The zero-order valence-corrected chi connectivity index (χ0v) is 20.4. The number of aryl methyl sites for hydroxylation is 1. The van der Waals surface area contributed by atoms with Gasteiger partial charge in [0, 0.05) is 66.7 Å². The van der Waals surface area contributed by atoms with E-state index in [-0.39, 0.29) is 11.5 Å². The van der Waals surface area contributed by atoms with E-state index in [1.54, 1.807) is 31.3 Å². The Bertz CT molecular complexity index is 1250. The molecule has 1 aromatic carbocycles. The molecule has 182 valence electrons. The molecule has 2 aliphatic heterocycles. The molecule has 0 spiro atoms. The van der Waals surface area contributed by atoms with Crippen LogP contribution in [0.2, 0.25) is 5.02 Å². The molecule has 10 heteroatoms. The second kappa shape index (κ2) is 9.85. The van der Waals surface area contributed by atoms with E-state index in [2.05, 4.69) is 42.7 Å². The van der Waals surface area contributed by atoms with Crippen LogP contribution in [0.15, 0.2) is 42.6 Å². The SMILES string of the molecule is Cc1nnc(-c2cc(Cl)ccc2F)cc1Nc1ccnc(NC(=O)CCN2C[C@@H]3C[C@H]2CN3C)c1. The molecule has 2 N–H and O–H groups in total. The summed E-state index contributed by atoms with van der Waals surface area (Å²) in [6.07, 6.45) is 3.24. The molecule has 2 aromatic heterocycles. The Morgan fingerprint density at radius 3 is 2.80 bits per heavy atom. The van der Waals surface area contributed by atoms with Crippen molar-refractivity contribution in [3.63, 3.8) is 0 Å². The number of hydrogen-bond donors (Lipinski definition) is 2. The number of rotatable bonds is 7. The van der Waals surface area contributed by atoms with E-state index in [4.69, 9.17) is 11.6 Å². The van der Waals surface area contributed by atoms with E-state index in [1.807, 2.05) is 0 Å². The van der Waals surface area contributed by atoms with E-state index < -0.39 is 5.82 Å². The van der Waals surface area contributed by atoms with Crippen LogP contribution in [0.5, 0.6) is 0 Å². The Morgan fingerprint density at radius 1 is 1.17 bits per heavy atom. The van der Waals surface area contributed by atoms with Gasteiger partial charge in [-0.15, -0.1) is 0 Å². The zero-order valence-electron chi connectivity index (χ0n) is 19.6. The third kappa shape index (κ3) is 5.27. The fraction of sp³-hybridized carbons (Fsp3) is 0.360. The van der Waals surface area contributed by atoms with Crippen LogP contribution in [0.3, 0.4) is 0 Å². The van der Waals surface area contributed by atoms with Gasteiger partial charge in [-0.2, -0.15) is 10.2 Å². The second-order valence-electron chi connectivity index (χ2n) is 9.18. The van der Waals surface area contributed by atoms with Crippen molar-refractivity contribution in [2.24, 2.45) is 0 Å². The van der Waals surface area contributed by atoms with E-state index in [9.17, 15) is 9.18 Å². The van der Waals surface area contributed by atoms with Crippen molar-refractivity contribution in [1.29, 1.82) is 0 Å². The highest BCUT2D eigenvalue weighted by Gasteiger charge is 2.40. The Hall–Kier alpha value is -3.14. The van der Waals surface area contributed by atoms with Crippen molar-refractivity contribution in [3.8, 4) is 11.3 Å². The van der Waals surface area contributed by atoms with Gasteiger partial charge in [0.25, 0.3) is 0 Å². The van der Waals surface area contributed by atoms with Crippen molar-refractivity contribution in [2.45, 2.75) is 31.8 Å². The lowest BCUT2D eigenvalue weighted by atomic mass is 10.1. The number of carbonyl (C=O) groups is 1. The maximum Gasteiger partial charge on any atom is 0.226 e. The smallest absolute Gasteiger partial charge is 0.226 e. The second-order valence-corrected chi connectivity index (χ2v) is 9.62. The van der Waals surface area contributed by atoms with E-state index in [1.165, 1.54) is 24.6 Å². The highest BCUT2D eigenvalue weighted by atomic mass is 35.5. The predicted molar refractivity (Wildman–Crippen MR) is 134 cm³/mol. The highest BCUT2D eigenvalue weighted by molar-refractivity contribution is 6.30. The van der Waals surface area contributed by atoms with Crippen LogP contribution in [0.25, 0.3) is 11.3 Å².